The van der Waals surface area contributed by atoms with E-state index >= 15 is 0 Å². The zero-order valence-corrected chi connectivity index (χ0v) is 19.7. The first-order chi connectivity index (χ1) is 16.3. The molecule has 4 N–H and O–H groups in total. The number of carbonyl (C=O) groups excluding carboxylic acids is 3. The zero-order chi connectivity index (χ0) is 24.5. The first kappa shape index (κ1) is 24.6. The van der Waals surface area contributed by atoms with Gasteiger partial charge in [0.2, 0.25) is 5.91 Å². The molecule has 0 atom stereocenters. The molecule has 172 valence electrons. The van der Waals surface area contributed by atoms with Gasteiger partial charge in [0.25, 0.3) is 11.8 Å². The maximum Gasteiger partial charge on any atom is 0.269 e. The topological polar surface area (TPSA) is 99.3 Å². The van der Waals surface area contributed by atoms with Crippen LogP contribution in [0.3, 0.4) is 0 Å². The molecule has 0 aliphatic rings. The first-order valence-corrected chi connectivity index (χ1v) is 10.9. The molecule has 9 heteroatoms. The summed E-state index contributed by atoms with van der Waals surface area (Å²) in [5.41, 5.74) is 7.95. The van der Waals surface area contributed by atoms with Crippen molar-refractivity contribution in [1.82, 2.24) is 16.2 Å². The minimum atomic E-state index is -0.486. The Labute approximate surface area is 207 Å². The fraction of sp³-hybridized carbons (Fsp3) is 0.0400. The SMILES string of the molecule is Cc1cccc(C(=O)Nc2ccc(C(=O)NNC(=S)NC(=O)/C=C/c3ccccc3Cl)cc2)c1. The van der Waals surface area contributed by atoms with E-state index in [-0.39, 0.29) is 11.0 Å². The number of rotatable bonds is 5. The van der Waals surface area contributed by atoms with Gasteiger partial charge in [-0.05, 0) is 73.2 Å². The Balaban J connectivity index is 1.47. The second kappa shape index (κ2) is 11.7. The van der Waals surface area contributed by atoms with Gasteiger partial charge in [-0.1, -0.05) is 47.5 Å². The summed E-state index contributed by atoms with van der Waals surface area (Å²) in [4.78, 5) is 36.6. The molecular weight excluding hydrogens is 472 g/mol. The van der Waals surface area contributed by atoms with Crippen LogP contribution in [-0.4, -0.2) is 22.8 Å². The van der Waals surface area contributed by atoms with Crippen molar-refractivity contribution in [2.45, 2.75) is 6.92 Å². The fourth-order valence-electron chi connectivity index (χ4n) is 2.84. The number of hydrazine groups is 1. The number of benzene rings is 3. The van der Waals surface area contributed by atoms with Crippen molar-refractivity contribution >= 4 is 58.4 Å². The minimum Gasteiger partial charge on any atom is -0.322 e. The molecule has 7 nitrogen and oxygen atoms in total. The zero-order valence-electron chi connectivity index (χ0n) is 18.1. The van der Waals surface area contributed by atoms with E-state index in [2.05, 4.69) is 21.5 Å². The normalized spacial score (nSPS) is 10.4. The molecule has 0 saturated carbocycles. The molecule has 0 saturated heterocycles. The molecule has 0 radical (unpaired) electrons. The quantitative estimate of drug-likeness (QED) is 0.242. The highest BCUT2D eigenvalue weighted by molar-refractivity contribution is 7.80. The highest BCUT2D eigenvalue weighted by atomic mass is 35.5. The maximum absolute atomic E-state index is 12.3. The number of nitrogens with one attached hydrogen (secondary N) is 4. The second-order valence-electron chi connectivity index (χ2n) is 7.15. The van der Waals surface area contributed by atoms with Crippen molar-refractivity contribution in [2.75, 3.05) is 5.32 Å². The lowest BCUT2D eigenvalue weighted by atomic mass is 10.1. The lowest BCUT2D eigenvalue weighted by Gasteiger charge is -2.10. The van der Waals surface area contributed by atoms with Gasteiger partial charge < -0.3 is 5.32 Å². The molecule has 3 rings (SSSR count). The van der Waals surface area contributed by atoms with Gasteiger partial charge >= 0.3 is 0 Å². The molecule has 0 spiro atoms. The predicted octanol–water partition coefficient (Wildman–Crippen LogP) is 4.25. The van der Waals surface area contributed by atoms with Crippen LogP contribution < -0.4 is 21.5 Å². The molecule has 3 aromatic rings. The van der Waals surface area contributed by atoms with Crippen LogP contribution in [0, 0.1) is 6.92 Å². The van der Waals surface area contributed by atoms with E-state index in [1.54, 1.807) is 66.7 Å². The van der Waals surface area contributed by atoms with Gasteiger partial charge in [0.05, 0.1) is 0 Å². The van der Waals surface area contributed by atoms with Gasteiger partial charge in [0.1, 0.15) is 0 Å². The summed E-state index contributed by atoms with van der Waals surface area (Å²) in [5.74, 6) is -1.20. The van der Waals surface area contributed by atoms with Crippen molar-refractivity contribution in [2.24, 2.45) is 0 Å². The molecule has 0 heterocycles. The predicted molar refractivity (Wildman–Crippen MR) is 137 cm³/mol. The Morgan fingerprint density at radius 3 is 2.29 bits per heavy atom. The summed E-state index contributed by atoms with van der Waals surface area (Å²) in [6, 6.07) is 20.6. The molecule has 0 unspecified atom stereocenters. The molecule has 3 amide bonds. The first-order valence-electron chi connectivity index (χ1n) is 10.1. The Hall–Kier alpha value is -4.01. The van der Waals surface area contributed by atoms with Crippen molar-refractivity contribution in [3.8, 4) is 0 Å². The largest absolute Gasteiger partial charge is 0.322 e. The summed E-state index contributed by atoms with van der Waals surface area (Å²) in [7, 11) is 0. The number of halogens is 1. The van der Waals surface area contributed by atoms with Gasteiger partial charge in [0, 0.05) is 27.9 Å². The Morgan fingerprint density at radius 2 is 1.59 bits per heavy atom. The van der Waals surface area contributed by atoms with Gasteiger partial charge in [-0.2, -0.15) is 0 Å². The van der Waals surface area contributed by atoms with Crippen LogP contribution in [0.1, 0.15) is 31.8 Å². The van der Waals surface area contributed by atoms with E-state index in [0.717, 1.165) is 5.56 Å². The summed E-state index contributed by atoms with van der Waals surface area (Å²) in [6.07, 6.45) is 2.83. The van der Waals surface area contributed by atoms with Crippen LogP contribution in [0.4, 0.5) is 5.69 Å². The number of hydrogen-bond acceptors (Lipinski definition) is 4. The highest BCUT2D eigenvalue weighted by Gasteiger charge is 2.09. The van der Waals surface area contributed by atoms with Crippen molar-refractivity contribution in [3.05, 3.63) is 106 Å². The highest BCUT2D eigenvalue weighted by Crippen LogP contribution is 2.16. The summed E-state index contributed by atoms with van der Waals surface area (Å²) in [6.45, 7) is 1.91. The van der Waals surface area contributed by atoms with E-state index in [0.29, 0.717) is 27.4 Å². The minimum absolute atomic E-state index is 0.0794. The molecule has 34 heavy (non-hydrogen) atoms. The van der Waals surface area contributed by atoms with Crippen molar-refractivity contribution in [1.29, 1.82) is 0 Å². The molecule has 0 bridgehead atoms. The van der Waals surface area contributed by atoms with E-state index in [4.69, 9.17) is 23.8 Å². The smallest absolute Gasteiger partial charge is 0.269 e. The molecule has 0 aromatic heterocycles. The Bertz CT molecular complexity index is 1260. The van der Waals surface area contributed by atoms with Crippen LogP contribution in [0.25, 0.3) is 6.08 Å². The van der Waals surface area contributed by atoms with Crippen LogP contribution in [-0.2, 0) is 4.79 Å². The number of thiocarbonyl (C=S) groups is 1. The third-order valence-corrected chi connectivity index (χ3v) is 5.08. The third-order valence-electron chi connectivity index (χ3n) is 4.53. The fourth-order valence-corrected chi connectivity index (χ4v) is 3.19. The van der Waals surface area contributed by atoms with E-state index in [1.807, 2.05) is 19.1 Å². The Kier molecular flexibility index (Phi) is 8.50. The summed E-state index contributed by atoms with van der Waals surface area (Å²) >= 11 is 11.0. The van der Waals surface area contributed by atoms with Crippen LogP contribution >= 0.6 is 23.8 Å². The van der Waals surface area contributed by atoms with E-state index in [1.165, 1.54) is 6.08 Å². The number of amides is 3. The number of hydrogen-bond donors (Lipinski definition) is 4. The van der Waals surface area contributed by atoms with Crippen molar-refractivity contribution in [3.63, 3.8) is 0 Å². The van der Waals surface area contributed by atoms with Gasteiger partial charge in [0.15, 0.2) is 5.11 Å². The molecule has 0 aliphatic heterocycles. The van der Waals surface area contributed by atoms with Crippen LogP contribution in [0.2, 0.25) is 5.02 Å². The van der Waals surface area contributed by atoms with E-state index in [9.17, 15) is 14.4 Å². The standard InChI is InChI=1S/C25H21ClN4O3S/c1-16-5-4-7-19(15-16)23(32)27-20-12-9-18(10-13-20)24(33)29-30-25(34)28-22(31)14-11-17-6-2-3-8-21(17)26/h2-15H,1H3,(H,27,32)(H,29,33)(H2,28,30,31,34)/b14-11+. The third kappa shape index (κ3) is 7.26. The molecule has 0 fully saturated rings. The van der Waals surface area contributed by atoms with E-state index < -0.39 is 11.8 Å². The van der Waals surface area contributed by atoms with Gasteiger partial charge in [-0.25, -0.2) is 0 Å². The average Bonchev–Trinajstić information content (AvgIpc) is 2.82. The molecule has 3 aromatic carbocycles. The molecule has 0 aliphatic carbocycles. The average molecular weight is 493 g/mol. The van der Waals surface area contributed by atoms with Crippen LogP contribution in [0.5, 0.6) is 0 Å². The maximum atomic E-state index is 12.3. The number of aryl methyl sites for hydroxylation is 1. The Morgan fingerprint density at radius 1 is 0.853 bits per heavy atom. The van der Waals surface area contributed by atoms with Crippen LogP contribution in [0.15, 0.2) is 78.9 Å². The number of anilines is 1. The second-order valence-corrected chi connectivity index (χ2v) is 7.97. The van der Waals surface area contributed by atoms with Gasteiger partial charge in [-0.3, -0.25) is 30.6 Å². The summed E-state index contributed by atoms with van der Waals surface area (Å²) in [5, 5.41) is 5.63. The lowest BCUT2D eigenvalue weighted by molar-refractivity contribution is -0.115. The molecular formula is C25H21ClN4O3S. The lowest BCUT2D eigenvalue weighted by Crippen LogP contribution is -2.48. The number of carbonyl (C=O) groups is 3. The van der Waals surface area contributed by atoms with Crippen molar-refractivity contribution < 1.29 is 14.4 Å². The van der Waals surface area contributed by atoms with Gasteiger partial charge in [-0.15, -0.1) is 0 Å². The monoisotopic (exact) mass is 492 g/mol. The summed E-state index contributed by atoms with van der Waals surface area (Å²) < 4.78 is 0.